The SMILES string of the molecule is COc1ccccc1C(=O)N1CCN(c2cc(-n3cccn3)nc(C)n2)CC1. The first-order chi connectivity index (χ1) is 13.7. The Balaban J connectivity index is 1.48. The Morgan fingerprint density at radius 3 is 2.50 bits per heavy atom. The first kappa shape index (κ1) is 18.0. The van der Waals surface area contributed by atoms with Crippen molar-refractivity contribution in [1.29, 1.82) is 0 Å². The van der Waals surface area contributed by atoms with Crippen molar-refractivity contribution in [2.75, 3.05) is 38.2 Å². The molecule has 1 aliphatic rings. The van der Waals surface area contributed by atoms with Gasteiger partial charge in [-0.1, -0.05) is 12.1 Å². The van der Waals surface area contributed by atoms with Crippen LogP contribution < -0.4 is 9.64 Å². The van der Waals surface area contributed by atoms with E-state index in [1.165, 1.54) is 0 Å². The molecule has 1 aromatic carbocycles. The standard InChI is InChI=1S/C20H22N6O2/c1-15-22-18(14-19(23-15)26-9-5-8-21-26)24-10-12-25(13-11-24)20(27)16-6-3-4-7-17(16)28-2/h3-9,14H,10-13H2,1-2H3. The van der Waals surface area contributed by atoms with Crippen molar-refractivity contribution in [3.05, 3.63) is 60.2 Å². The fourth-order valence-corrected chi connectivity index (χ4v) is 3.35. The Labute approximate surface area is 163 Å². The normalized spacial score (nSPS) is 14.2. The van der Waals surface area contributed by atoms with Gasteiger partial charge >= 0.3 is 0 Å². The van der Waals surface area contributed by atoms with Crippen LogP contribution in [-0.2, 0) is 0 Å². The van der Waals surface area contributed by atoms with E-state index < -0.39 is 0 Å². The molecule has 0 N–H and O–H groups in total. The molecule has 0 atom stereocenters. The van der Waals surface area contributed by atoms with E-state index in [9.17, 15) is 4.79 Å². The van der Waals surface area contributed by atoms with Gasteiger partial charge in [-0.25, -0.2) is 14.6 Å². The summed E-state index contributed by atoms with van der Waals surface area (Å²) in [6, 6.07) is 11.1. The van der Waals surface area contributed by atoms with Gasteiger partial charge in [-0.3, -0.25) is 4.79 Å². The van der Waals surface area contributed by atoms with Crippen molar-refractivity contribution < 1.29 is 9.53 Å². The second kappa shape index (κ2) is 7.67. The number of ether oxygens (including phenoxy) is 1. The van der Waals surface area contributed by atoms with Crippen LogP contribution in [0.1, 0.15) is 16.2 Å². The number of hydrogen-bond donors (Lipinski definition) is 0. The number of rotatable bonds is 4. The predicted octanol–water partition coefficient (Wildman–Crippen LogP) is 1.94. The van der Waals surface area contributed by atoms with Crippen LogP contribution in [-0.4, -0.2) is 63.8 Å². The van der Waals surface area contributed by atoms with E-state index in [4.69, 9.17) is 4.74 Å². The van der Waals surface area contributed by atoms with Gasteiger partial charge in [0.1, 0.15) is 17.4 Å². The van der Waals surface area contributed by atoms with E-state index in [1.54, 1.807) is 24.1 Å². The quantitative estimate of drug-likeness (QED) is 0.691. The number of hydrogen-bond acceptors (Lipinski definition) is 6. The molecule has 144 valence electrons. The van der Waals surface area contributed by atoms with E-state index in [0.717, 1.165) is 11.6 Å². The third-order valence-corrected chi connectivity index (χ3v) is 4.78. The highest BCUT2D eigenvalue weighted by Crippen LogP contribution is 2.22. The molecule has 4 rings (SSSR count). The molecule has 0 radical (unpaired) electrons. The lowest BCUT2D eigenvalue weighted by atomic mass is 10.1. The molecule has 0 unspecified atom stereocenters. The van der Waals surface area contributed by atoms with E-state index in [2.05, 4.69) is 20.0 Å². The molecule has 0 bridgehead atoms. The lowest BCUT2D eigenvalue weighted by Crippen LogP contribution is -2.49. The van der Waals surface area contributed by atoms with Gasteiger partial charge in [-0.2, -0.15) is 5.10 Å². The number of benzene rings is 1. The molecule has 8 nitrogen and oxygen atoms in total. The van der Waals surface area contributed by atoms with Crippen LogP contribution in [0.2, 0.25) is 0 Å². The molecule has 3 aromatic rings. The summed E-state index contributed by atoms with van der Waals surface area (Å²) in [7, 11) is 1.58. The molecule has 1 aliphatic heterocycles. The van der Waals surface area contributed by atoms with Crippen molar-refractivity contribution in [2.45, 2.75) is 6.92 Å². The number of methoxy groups -OCH3 is 1. The van der Waals surface area contributed by atoms with Crippen LogP contribution in [0.15, 0.2) is 48.8 Å². The van der Waals surface area contributed by atoms with Gasteiger partial charge in [0.15, 0.2) is 5.82 Å². The molecular weight excluding hydrogens is 356 g/mol. The minimum Gasteiger partial charge on any atom is -0.496 e. The molecule has 1 saturated heterocycles. The predicted molar refractivity (Wildman–Crippen MR) is 105 cm³/mol. The molecule has 8 heteroatoms. The molecule has 0 saturated carbocycles. The fraction of sp³-hybridized carbons (Fsp3) is 0.300. The second-order valence-electron chi connectivity index (χ2n) is 6.56. The topological polar surface area (TPSA) is 76.4 Å². The largest absolute Gasteiger partial charge is 0.496 e. The van der Waals surface area contributed by atoms with Gasteiger partial charge in [-0.05, 0) is 25.1 Å². The first-order valence-electron chi connectivity index (χ1n) is 9.18. The Hall–Kier alpha value is -3.42. The number of piperazine rings is 1. The van der Waals surface area contributed by atoms with Crippen molar-refractivity contribution in [1.82, 2.24) is 24.6 Å². The zero-order valence-electron chi connectivity index (χ0n) is 15.9. The Bertz CT molecular complexity index is 965. The maximum absolute atomic E-state index is 12.9. The third kappa shape index (κ3) is 3.53. The van der Waals surface area contributed by atoms with Gasteiger partial charge in [-0.15, -0.1) is 0 Å². The van der Waals surface area contributed by atoms with Gasteiger partial charge in [0.2, 0.25) is 0 Å². The summed E-state index contributed by atoms with van der Waals surface area (Å²) in [4.78, 5) is 25.9. The molecule has 0 aliphatic carbocycles. The minimum absolute atomic E-state index is 0.00630. The second-order valence-corrected chi connectivity index (χ2v) is 6.56. The lowest BCUT2D eigenvalue weighted by Gasteiger charge is -2.35. The molecule has 2 aromatic heterocycles. The summed E-state index contributed by atoms with van der Waals surface area (Å²) in [6.07, 6.45) is 3.58. The van der Waals surface area contributed by atoms with Crippen LogP contribution in [0, 0.1) is 6.92 Å². The third-order valence-electron chi connectivity index (χ3n) is 4.78. The number of aryl methyl sites for hydroxylation is 1. The zero-order valence-corrected chi connectivity index (χ0v) is 15.9. The van der Waals surface area contributed by atoms with Crippen molar-refractivity contribution in [3.63, 3.8) is 0 Å². The fourth-order valence-electron chi connectivity index (χ4n) is 3.35. The average molecular weight is 378 g/mol. The summed E-state index contributed by atoms with van der Waals surface area (Å²) >= 11 is 0. The molecule has 0 spiro atoms. The summed E-state index contributed by atoms with van der Waals surface area (Å²) in [5.41, 5.74) is 0.595. The Morgan fingerprint density at radius 2 is 1.79 bits per heavy atom. The van der Waals surface area contributed by atoms with E-state index in [-0.39, 0.29) is 5.91 Å². The number of carbonyl (C=O) groups is 1. The summed E-state index contributed by atoms with van der Waals surface area (Å²) < 4.78 is 7.05. The highest BCUT2D eigenvalue weighted by Gasteiger charge is 2.25. The van der Waals surface area contributed by atoms with Gasteiger partial charge in [0, 0.05) is 44.6 Å². The minimum atomic E-state index is -0.00630. The van der Waals surface area contributed by atoms with Crippen LogP contribution in [0.4, 0.5) is 5.82 Å². The van der Waals surface area contributed by atoms with Gasteiger partial charge in [0.05, 0.1) is 12.7 Å². The molecule has 3 heterocycles. The van der Waals surface area contributed by atoms with Crippen molar-refractivity contribution in [3.8, 4) is 11.6 Å². The van der Waals surface area contributed by atoms with Gasteiger partial charge < -0.3 is 14.5 Å². The highest BCUT2D eigenvalue weighted by molar-refractivity contribution is 5.97. The number of nitrogens with zero attached hydrogens (tertiary/aromatic N) is 6. The number of aromatic nitrogens is 4. The van der Waals surface area contributed by atoms with E-state index in [0.29, 0.717) is 43.3 Å². The molecule has 28 heavy (non-hydrogen) atoms. The summed E-state index contributed by atoms with van der Waals surface area (Å²) in [6.45, 7) is 4.53. The Morgan fingerprint density at radius 1 is 1.04 bits per heavy atom. The molecule has 1 fully saturated rings. The smallest absolute Gasteiger partial charge is 0.257 e. The first-order valence-corrected chi connectivity index (χ1v) is 9.18. The van der Waals surface area contributed by atoms with Gasteiger partial charge in [0.25, 0.3) is 5.91 Å². The highest BCUT2D eigenvalue weighted by atomic mass is 16.5. The van der Waals surface area contributed by atoms with Crippen LogP contribution in [0.5, 0.6) is 5.75 Å². The Kier molecular flexibility index (Phi) is 4.92. The van der Waals surface area contributed by atoms with Crippen LogP contribution in [0.3, 0.4) is 0 Å². The number of carbonyl (C=O) groups excluding carboxylic acids is 1. The number of para-hydroxylation sites is 1. The van der Waals surface area contributed by atoms with Crippen molar-refractivity contribution in [2.24, 2.45) is 0 Å². The van der Waals surface area contributed by atoms with Crippen LogP contribution >= 0.6 is 0 Å². The average Bonchev–Trinajstić information content (AvgIpc) is 3.28. The number of amides is 1. The molecule has 1 amide bonds. The maximum atomic E-state index is 12.9. The zero-order chi connectivity index (χ0) is 19.5. The van der Waals surface area contributed by atoms with E-state index >= 15 is 0 Å². The molecular formula is C20H22N6O2. The van der Waals surface area contributed by atoms with Crippen LogP contribution in [0.25, 0.3) is 5.82 Å². The maximum Gasteiger partial charge on any atom is 0.257 e. The monoisotopic (exact) mass is 378 g/mol. The summed E-state index contributed by atoms with van der Waals surface area (Å²) in [5, 5.41) is 4.24. The van der Waals surface area contributed by atoms with E-state index in [1.807, 2.05) is 48.4 Å². The number of anilines is 1. The van der Waals surface area contributed by atoms with Crippen molar-refractivity contribution >= 4 is 11.7 Å². The summed E-state index contributed by atoms with van der Waals surface area (Å²) in [5.74, 6) is 2.87. The lowest BCUT2D eigenvalue weighted by molar-refractivity contribution is 0.0743.